The van der Waals surface area contributed by atoms with Crippen LogP contribution >= 0.6 is 0 Å². The largest absolute Gasteiger partial charge is 0.313 e. The molecule has 0 saturated carbocycles. The van der Waals surface area contributed by atoms with Crippen molar-refractivity contribution in [2.75, 3.05) is 13.1 Å². The average molecular weight is 301 g/mol. The van der Waals surface area contributed by atoms with E-state index in [4.69, 9.17) is 0 Å². The number of rotatable bonds is 7. The zero-order chi connectivity index (χ0) is 15.3. The third-order valence-corrected chi connectivity index (χ3v) is 4.37. The molecule has 0 aromatic heterocycles. The molecule has 1 aromatic carbocycles. The van der Waals surface area contributed by atoms with Gasteiger partial charge in [0.15, 0.2) is 0 Å². The lowest BCUT2D eigenvalue weighted by Crippen LogP contribution is -2.38. The number of benzene rings is 1. The second kappa shape index (κ2) is 6.78. The number of nitro benzene ring substituents is 1. The Labute approximate surface area is 118 Å². The number of nitrogens with zero attached hydrogens (tertiary/aromatic N) is 1. The highest BCUT2D eigenvalue weighted by Crippen LogP contribution is 2.21. The van der Waals surface area contributed by atoms with Crippen LogP contribution in [0.1, 0.15) is 19.4 Å². The van der Waals surface area contributed by atoms with E-state index >= 15 is 0 Å². The summed E-state index contributed by atoms with van der Waals surface area (Å²) in [6.07, 6.45) is 0. The molecule has 0 unspecified atom stereocenters. The number of sulfonamides is 1. The summed E-state index contributed by atoms with van der Waals surface area (Å²) in [5, 5.41) is 13.8. The van der Waals surface area contributed by atoms with Crippen LogP contribution in [0, 0.1) is 17.0 Å². The first-order valence-electron chi connectivity index (χ1n) is 6.26. The van der Waals surface area contributed by atoms with Gasteiger partial charge in [-0.25, -0.2) is 13.1 Å². The summed E-state index contributed by atoms with van der Waals surface area (Å²) in [5.41, 5.74) is 0.231. The van der Waals surface area contributed by atoms with Crippen LogP contribution in [0.25, 0.3) is 0 Å². The summed E-state index contributed by atoms with van der Waals surface area (Å²) < 4.78 is 26.8. The summed E-state index contributed by atoms with van der Waals surface area (Å²) in [6, 6.07) is 3.78. The van der Waals surface area contributed by atoms with Gasteiger partial charge in [-0.1, -0.05) is 13.0 Å². The van der Waals surface area contributed by atoms with Crippen molar-refractivity contribution >= 4 is 15.7 Å². The van der Waals surface area contributed by atoms with E-state index in [2.05, 4.69) is 10.0 Å². The molecule has 0 aliphatic carbocycles. The summed E-state index contributed by atoms with van der Waals surface area (Å²) >= 11 is 0. The van der Waals surface area contributed by atoms with E-state index in [1.54, 1.807) is 6.92 Å². The summed E-state index contributed by atoms with van der Waals surface area (Å²) in [4.78, 5) is 10.1. The number of nitro groups is 1. The number of aryl methyl sites for hydroxylation is 1. The van der Waals surface area contributed by atoms with Gasteiger partial charge in [-0.2, -0.15) is 0 Å². The molecule has 7 nitrogen and oxygen atoms in total. The summed E-state index contributed by atoms with van der Waals surface area (Å²) in [7, 11) is -3.75. The fraction of sp³-hybridized carbons (Fsp3) is 0.500. The molecule has 0 amide bonds. The van der Waals surface area contributed by atoms with E-state index < -0.39 is 14.9 Å². The maximum absolute atomic E-state index is 12.2. The minimum absolute atomic E-state index is 0.0196. The molecule has 0 saturated heterocycles. The lowest BCUT2D eigenvalue weighted by atomic mass is 10.2. The number of likely N-dealkylation sites (N-methyl/N-ethyl adjacent to an activating group) is 1. The first-order chi connectivity index (χ1) is 9.27. The topological polar surface area (TPSA) is 101 Å². The zero-order valence-electron chi connectivity index (χ0n) is 11.7. The van der Waals surface area contributed by atoms with Crippen LogP contribution in [-0.4, -0.2) is 32.5 Å². The van der Waals surface area contributed by atoms with Crippen LogP contribution in [0.3, 0.4) is 0 Å². The first kappa shape index (κ1) is 16.5. The van der Waals surface area contributed by atoms with Gasteiger partial charge in [0, 0.05) is 24.7 Å². The average Bonchev–Trinajstić information content (AvgIpc) is 2.37. The Morgan fingerprint density at radius 3 is 2.60 bits per heavy atom. The van der Waals surface area contributed by atoms with Crippen molar-refractivity contribution < 1.29 is 13.3 Å². The van der Waals surface area contributed by atoms with Crippen LogP contribution < -0.4 is 10.0 Å². The highest BCUT2D eigenvalue weighted by molar-refractivity contribution is 7.89. The molecule has 0 radical (unpaired) electrons. The van der Waals surface area contributed by atoms with Crippen molar-refractivity contribution in [2.24, 2.45) is 0 Å². The molecule has 8 heteroatoms. The van der Waals surface area contributed by atoms with Crippen LogP contribution in [0.15, 0.2) is 23.1 Å². The Kier molecular flexibility index (Phi) is 5.61. The molecular formula is C12H19N3O4S. The smallest absolute Gasteiger partial charge is 0.270 e. The Hall–Kier alpha value is -1.51. The van der Waals surface area contributed by atoms with Crippen molar-refractivity contribution in [1.82, 2.24) is 10.0 Å². The highest BCUT2D eigenvalue weighted by Gasteiger charge is 2.20. The van der Waals surface area contributed by atoms with Gasteiger partial charge >= 0.3 is 0 Å². The molecule has 112 valence electrons. The second-order valence-electron chi connectivity index (χ2n) is 4.52. The third kappa shape index (κ3) is 4.26. The minimum Gasteiger partial charge on any atom is -0.313 e. The zero-order valence-corrected chi connectivity index (χ0v) is 12.5. The Balaban J connectivity index is 2.97. The van der Waals surface area contributed by atoms with Crippen LogP contribution in [0.5, 0.6) is 0 Å². The molecule has 0 bridgehead atoms. The van der Waals surface area contributed by atoms with Crippen LogP contribution in [0.4, 0.5) is 5.69 Å². The quantitative estimate of drug-likeness (QED) is 0.581. The Morgan fingerprint density at radius 2 is 2.05 bits per heavy atom. The second-order valence-corrected chi connectivity index (χ2v) is 6.25. The monoisotopic (exact) mass is 301 g/mol. The van der Waals surface area contributed by atoms with E-state index in [-0.39, 0.29) is 23.2 Å². The normalized spacial score (nSPS) is 13.2. The molecule has 1 aromatic rings. The minimum atomic E-state index is -3.75. The molecule has 0 aliphatic heterocycles. The van der Waals surface area contributed by atoms with E-state index in [9.17, 15) is 18.5 Å². The predicted molar refractivity (Wildman–Crippen MR) is 76.2 cm³/mol. The van der Waals surface area contributed by atoms with E-state index in [1.165, 1.54) is 12.1 Å². The van der Waals surface area contributed by atoms with Gasteiger partial charge < -0.3 is 5.32 Å². The molecule has 0 heterocycles. The van der Waals surface area contributed by atoms with Crippen molar-refractivity contribution in [1.29, 1.82) is 0 Å². The van der Waals surface area contributed by atoms with Crippen molar-refractivity contribution in [3.05, 3.63) is 33.9 Å². The molecule has 1 atom stereocenters. The van der Waals surface area contributed by atoms with Gasteiger partial charge in [0.25, 0.3) is 5.69 Å². The van der Waals surface area contributed by atoms with E-state index in [0.29, 0.717) is 5.56 Å². The van der Waals surface area contributed by atoms with Gasteiger partial charge in [0.1, 0.15) is 0 Å². The predicted octanol–water partition coefficient (Wildman–Crippen LogP) is 1.18. The third-order valence-electron chi connectivity index (χ3n) is 2.80. The molecule has 0 fully saturated rings. The fourth-order valence-electron chi connectivity index (χ4n) is 1.72. The number of hydrogen-bond donors (Lipinski definition) is 2. The van der Waals surface area contributed by atoms with E-state index in [1.807, 2.05) is 13.8 Å². The molecular weight excluding hydrogens is 282 g/mol. The number of hydrogen-bond acceptors (Lipinski definition) is 5. The molecule has 20 heavy (non-hydrogen) atoms. The first-order valence-corrected chi connectivity index (χ1v) is 7.74. The van der Waals surface area contributed by atoms with Crippen molar-refractivity contribution in [3.8, 4) is 0 Å². The lowest BCUT2D eigenvalue weighted by molar-refractivity contribution is -0.385. The summed E-state index contributed by atoms with van der Waals surface area (Å²) in [6.45, 7) is 6.34. The van der Waals surface area contributed by atoms with Gasteiger partial charge in [-0.15, -0.1) is 0 Å². The molecule has 0 aliphatic rings. The summed E-state index contributed by atoms with van der Waals surface area (Å²) in [5.74, 6) is 0. The van der Waals surface area contributed by atoms with Gasteiger partial charge in [0.05, 0.1) is 9.82 Å². The standard InChI is InChI=1S/C12H19N3O4S/c1-4-13-10(3)8-14-20(18,19)12-7-11(15(16)17)6-5-9(12)2/h5-7,10,13-14H,4,8H2,1-3H3/t10-/m1/s1. The Bertz CT molecular complexity index is 586. The molecule has 2 N–H and O–H groups in total. The lowest BCUT2D eigenvalue weighted by Gasteiger charge is -2.14. The van der Waals surface area contributed by atoms with Crippen molar-refractivity contribution in [3.63, 3.8) is 0 Å². The van der Waals surface area contributed by atoms with Crippen molar-refractivity contribution in [2.45, 2.75) is 31.7 Å². The maximum atomic E-state index is 12.2. The molecule has 0 spiro atoms. The SMILES string of the molecule is CCN[C@H](C)CNS(=O)(=O)c1cc([N+](=O)[O-])ccc1C. The van der Waals surface area contributed by atoms with Gasteiger partial charge in [-0.05, 0) is 26.0 Å². The maximum Gasteiger partial charge on any atom is 0.270 e. The van der Waals surface area contributed by atoms with Gasteiger partial charge in [0.2, 0.25) is 10.0 Å². The number of nitrogens with one attached hydrogen (secondary N) is 2. The highest BCUT2D eigenvalue weighted by atomic mass is 32.2. The van der Waals surface area contributed by atoms with Gasteiger partial charge in [-0.3, -0.25) is 10.1 Å². The molecule has 1 rings (SSSR count). The number of non-ortho nitro benzene ring substituents is 1. The Morgan fingerprint density at radius 1 is 1.40 bits per heavy atom. The van der Waals surface area contributed by atoms with Crippen LogP contribution in [0.2, 0.25) is 0 Å². The fourth-order valence-corrected chi connectivity index (χ4v) is 3.12. The van der Waals surface area contributed by atoms with Crippen LogP contribution in [-0.2, 0) is 10.0 Å². The van der Waals surface area contributed by atoms with E-state index in [0.717, 1.165) is 12.6 Å².